The Bertz CT molecular complexity index is 658. The Kier molecular flexibility index (Phi) is 6.56. The van der Waals surface area contributed by atoms with Crippen LogP contribution in [0.25, 0.3) is 0 Å². The SMILES string of the molecule is COc1cc(CCCC(F)C=O)nc2c1CCCN2C(=O)OC(C)(C)C. The van der Waals surface area contributed by atoms with Gasteiger partial charge in [-0.15, -0.1) is 0 Å². The van der Waals surface area contributed by atoms with Crippen LogP contribution in [-0.2, 0) is 22.4 Å². The Morgan fingerprint density at radius 1 is 1.46 bits per heavy atom. The molecule has 7 heteroatoms. The van der Waals surface area contributed by atoms with E-state index >= 15 is 0 Å². The van der Waals surface area contributed by atoms with Crippen LogP contribution in [-0.4, -0.2) is 42.8 Å². The number of fused-ring (bicyclic) bond motifs is 1. The zero-order valence-corrected chi connectivity index (χ0v) is 15.9. The lowest BCUT2D eigenvalue weighted by Gasteiger charge is -2.31. The number of carbonyl (C=O) groups excluding carboxylic acids is 2. The van der Waals surface area contributed by atoms with Gasteiger partial charge in [0.15, 0.2) is 12.5 Å². The molecule has 0 aromatic carbocycles. The summed E-state index contributed by atoms with van der Waals surface area (Å²) in [5.74, 6) is 1.22. The highest BCUT2D eigenvalue weighted by Crippen LogP contribution is 2.34. The highest BCUT2D eigenvalue weighted by Gasteiger charge is 2.30. The molecule has 1 aliphatic rings. The number of ether oxygens (including phenoxy) is 2. The van der Waals surface area contributed by atoms with Crippen LogP contribution < -0.4 is 9.64 Å². The lowest BCUT2D eigenvalue weighted by atomic mass is 10.0. The maximum Gasteiger partial charge on any atom is 0.416 e. The highest BCUT2D eigenvalue weighted by molar-refractivity contribution is 5.88. The van der Waals surface area contributed by atoms with Gasteiger partial charge in [0.05, 0.1) is 7.11 Å². The van der Waals surface area contributed by atoms with E-state index in [1.54, 1.807) is 12.0 Å². The summed E-state index contributed by atoms with van der Waals surface area (Å²) in [4.78, 5) is 29.1. The molecule has 2 rings (SSSR count). The van der Waals surface area contributed by atoms with E-state index in [9.17, 15) is 14.0 Å². The molecule has 0 spiro atoms. The first kappa shape index (κ1) is 20.1. The fraction of sp³-hybridized carbons (Fsp3) is 0.632. The number of hydrogen-bond donors (Lipinski definition) is 0. The predicted molar refractivity (Wildman–Crippen MR) is 96.6 cm³/mol. The number of carbonyl (C=O) groups is 2. The summed E-state index contributed by atoms with van der Waals surface area (Å²) in [6.45, 7) is 5.99. The second-order valence-corrected chi connectivity index (χ2v) is 7.40. The van der Waals surface area contributed by atoms with Crippen LogP contribution in [0.15, 0.2) is 6.07 Å². The molecule has 1 aliphatic heterocycles. The first-order valence-electron chi connectivity index (χ1n) is 8.92. The summed E-state index contributed by atoms with van der Waals surface area (Å²) in [7, 11) is 1.58. The van der Waals surface area contributed by atoms with Crippen molar-refractivity contribution in [1.29, 1.82) is 0 Å². The summed E-state index contributed by atoms with van der Waals surface area (Å²) in [5, 5.41) is 0. The molecule has 6 nitrogen and oxygen atoms in total. The maximum atomic E-state index is 13.1. The van der Waals surface area contributed by atoms with Gasteiger partial charge in [-0.1, -0.05) is 0 Å². The quantitative estimate of drug-likeness (QED) is 0.719. The summed E-state index contributed by atoms with van der Waals surface area (Å²) >= 11 is 0. The van der Waals surface area contributed by atoms with Gasteiger partial charge in [0.2, 0.25) is 0 Å². The van der Waals surface area contributed by atoms with Crippen molar-refractivity contribution >= 4 is 18.2 Å². The summed E-state index contributed by atoms with van der Waals surface area (Å²) < 4.78 is 24.1. The van der Waals surface area contributed by atoms with Crippen LogP contribution in [0.3, 0.4) is 0 Å². The van der Waals surface area contributed by atoms with Gasteiger partial charge in [-0.3, -0.25) is 4.90 Å². The number of methoxy groups -OCH3 is 1. The van der Waals surface area contributed by atoms with Crippen LogP contribution in [0.1, 0.15) is 51.3 Å². The third-order valence-electron chi connectivity index (χ3n) is 4.07. The standard InChI is InChI=1S/C19H27FN2O4/c1-19(2,3)26-18(24)22-10-6-9-15-16(25-4)11-14(21-17(15)22)8-5-7-13(20)12-23/h11-13H,5-10H2,1-4H3. The molecular formula is C19H27FN2O4. The number of alkyl halides is 1. The Balaban J connectivity index is 2.26. The number of rotatable bonds is 6. The van der Waals surface area contributed by atoms with Crippen LogP contribution in [0.5, 0.6) is 5.75 Å². The normalized spacial score (nSPS) is 15.2. The first-order chi connectivity index (χ1) is 12.2. The predicted octanol–water partition coefficient (Wildman–Crippen LogP) is 3.64. The molecular weight excluding hydrogens is 339 g/mol. The van der Waals surface area contributed by atoms with Gasteiger partial charge in [0.25, 0.3) is 0 Å². The van der Waals surface area contributed by atoms with Gasteiger partial charge in [-0.2, -0.15) is 0 Å². The number of halogens is 1. The second-order valence-electron chi connectivity index (χ2n) is 7.40. The van der Waals surface area contributed by atoms with Crippen LogP contribution in [0, 0.1) is 0 Å². The minimum absolute atomic E-state index is 0.153. The average molecular weight is 366 g/mol. The largest absolute Gasteiger partial charge is 0.496 e. The monoisotopic (exact) mass is 366 g/mol. The van der Waals surface area contributed by atoms with E-state index in [-0.39, 0.29) is 6.42 Å². The number of pyridine rings is 1. The number of anilines is 1. The van der Waals surface area contributed by atoms with Gasteiger partial charge in [-0.25, -0.2) is 14.2 Å². The summed E-state index contributed by atoms with van der Waals surface area (Å²) in [6, 6.07) is 1.82. The Labute approximate surface area is 153 Å². The number of aryl methyl sites for hydroxylation is 1. The van der Waals surface area contributed by atoms with Crippen LogP contribution in [0.2, 0.25) is 0 Å². The zero-order chi connectivity index (χ0) is 19.3. The van der Waals surface area contributed by atoms with Crippen molar-refractivity contribution in [3.63, 3.8) is 0 Å². The lowest BCUT2D eigenvalue weighted by molar-refractivity contribution is -0.112. The van der Waals surface area contributed by atoms with Crippen LogP contribution in [0.4, 0.5) is 15.0 Å². The minimum atomic E-state index is -1.45. The third kappa shape index (κ3) is 5.16. The molecule has 144 valence electrons. The van der Waals surface area contributed by atoms with E-state index < -0.39 is 17.9 Å². The molecule has 1 unspecified atom stereocenters. The number of nitrogens with zero attached hydrogens (tertiary/aromatic N) is 2. The van der Waals surface area contributed by atoms with Gasteiger partial charge < -0.3 is 14.3 Å². The van der Waals surface area contributed by atoms with Crippen molar-refractivity contribution in [2.24, 2.45) is 0 Å². The van der Waals surface area contributed by atoms with Crippen molar-refractivity contribution in [2.45, 2.75) is 64.6 Å². The van der Waals surface area contributed by atoms with Gasteiger partial charge >= 0.3 is 6.09 Å². The van der Waals surface area contributed by atoms with Crippen molar-refractivity contribution < 1.29 is 23.5 Å². The van der Waals surface area contributed by atoms with Gasteiger partial charge in [0, 0.05) is 23.9 Å². The number of aldehydes is 1. The molecule has 1 aromatic heterocycles. The average Bonchev–Trinajstić information content (AvgIpc) is 2.58. The topological polar surface area (TPSA) is 68.7 Å². The highest BCUT2D eigenvalue weighted by atomic mass is 19.1. The minimum Gasteiger partial charge on any atom is -0.496 e. The van der Waals surface area contributed by atoms with E-state index in [2.05, 4.69) is 4.98 Å². The second kappa shape index (κ2) is 8.47. The molecule has 0 bridgehead atoms. The van der Waals surface area contributed by atoms with Crippen molar-refractivity contribution in [3.8, 4) is 5.75 Å². The summed E-state index contributed by atoms with van der Waals surface area (Å²) in [6.07, 6.45) is 1.13. The third-order valence-corrected chi connectivity index (χ3v) is 4.07. The first-order valence-corrected chi connectivity index (χ1v) is 8.92. The Hall–Kier alpha value is -2.18. The van der Waals surface area contributed by atoms with Crippen molar-refractivity contribution in [1.82, 2.24) is 4.98 Å². The van der Waals surface area contributed by atoms with Gasteiger partial charge in [0.1, 0.15) is 17.2 Å². The van der Waals surface area contributed by atoms with Crippen LogP contribution >= 0.6 is 0 Å². The van der Waals surface area contributed by atoms with E-state index in [1.165, 1.54) is 0 Å². The smallest absolute Gasteiger partial charge is 0.416 e. The van der Waals surface area contributed by atoms with Gasteiger partial charge in [-0.05, 0) is 52.9 Å². The fourth-order valence-electron chi connectivity index (χ4n) is 2.91. The zero-order valence-electron chi connectivity index (χ0n) is 15.9. The molecule has 1 amide bonds. The number of hydrogen-bond acceptors (Lipinski definition) is 5. The molecule has 0 radical (unpaired) electrons. The summed E-state index contributed by atoms with van der Waals surface area (Å²) in [5.41, 5.74) is 0.986. The molecule has 26 heavy (non-hydrogen) atoms. The van der Waals surface area contributed by atoms with E-state index in [0.29, 0.717) is 42.9 Å². The Morgan fingerprint density at radius 2 is 2.19 bits per heavy atom. The molecule has 0 fully saturated rings. The van der Waals surface area contributed by atoms with E-state index in [0.717, 1.165) is 18.4 Å². The number of aromatic nitrogens is 1. The van der Waals surface area contributed by atoms with E-state index in [4.69, 9.17) is 9.47 Å². The molecule has 0 N–H and O–H groups in total. The molecule has 0 saturated carbocycles. The van der Waals surface area contributed by atoms with Crippen molar-refractivity contribution in [2.75, 3.05) is 18.6 Å². The maximum absolute atomic E-state index is 13.1. The lowest BCUT2D eigenvalue weighted by Crippen LogP contribution is -2.40. The Morgan fingerprint density at radius 3 is 2.81 bits per heavy atom. The molecule has 1 atom stereocenters. The molecule has 1 aromatic rings. The molecule has 2 heterocycles. The fourth-order valence-corrected chi connectivity index (χ4v) is 2.91. The molecule has 0 saturated heterocycles. The molecule has 0 aliphatic carbocycles. The number of amides is 1. The van der Waals surface area contributed by atoms with E-state index in [1.807, 2.05) is 26.8 Å². The van der Waals surface area contributed by atoms with Crippen molar-refractivity contribution in [3.05, 3.63) is 17.3 Å².